The predicted molar refractivity (Wildman–Crippen MR) is 68.3 cm³/mol. The Bertz CT molecular complexity index is 407. The first-order valence-electron chi connectivity index (χ1n) is 6.36. The average Bonchev–Trinajstić information content (AvgIpc) is 3.04. The molecule has 1 aliphatic rings. The molecule has 3 amide bonds. The van der Waals surface area contributed by atoms with Gasteiger partial charge in [0.25, 0.3) is 0 Å². The van der Waals surface area contributed by atoms with Gasteiger partial charge in [-0.1, -0.05) is 6.92 Å². The van der Waals surface area contributed by atoms with Gasteiger partial charge < -0.3 is 21.1 Å². The van der Waals surface area contributed by atoms with Crippen LogP contribution in [0.25, 0.3) is 0 Å². The zero-order valence-electron chi connectivity index (χ0n) is 11.3. The lowest BCUT2D eigenvalue weighted by Crippen LogP contribution is -2.42. The maximum Gasteiger partial charge on any atom is 0.323 e. The van der Waals surface area contributed by atoms with Crippen LogP contribution in [0.2, 0.25) is 0 Å². The molecular weight excluding hydrogens is 266 g/mol. The summed E-state index contributed by atoms with van der Waals surface area (Å²) < 4.78 is 0. The second-order valence-electron chi connectivity index (χ2n) is 4.97. The Morgan fingerprint density at radius 1 is 1.30 bits per heavy atom. The number of carboxylic acid groups (broad SMARTS) is 1. The number of hydrogen-bond acceptors (Lipinski definition) is 4. The number of aliphatic carboxylic acids is 1. The summed E-state index contributed by atoms with van der Waals surface area (Å²) in [6.45, 7) is 1.06. The number of nitrogens with zero attached hydrogens (tertiary/aromatic N) is 1. The summed E-state index contributed by atoms with van der Waals surface area (Å²) in [6.07, 6.45) is 0.792. The van der Waals surface area contributed by atoms with E-state index in [0.717, 1.165) is 11.3 Å². The van der Waals surface area contributed by atoms with E-state index < -0.39 is 30.9 Å². The number of nitrogens with one attached hydrogen (secondary N) is 1. The Labute approximate surface area is 116 Å². The van der Waals surface area contributed by atoms with Crippen molar-refractivity contribution in [2.45, 2.75) is 19.8 Å². The Hall–Kier alpha value is -2.12. The number of carboxylic acids is 1. The fourth-order valence-corrected chi connectivity index (χ4v) is 1.85. The van der Waals surface area contributed by atoms with Crippen molar-refractivity contribution in [3.63, 3.8) is 0 Å². The van der Waals surface area contributed by atoms with Crippen LogP contribution in [0, 0.1) is 11.8 Å². The van der Waals surface area contributed by atoms with E-state index in [9.17, 15) is 19.2 Å². The normalized spacial score (nSPS) is 20.1. The van der Waals surface area contributed by atoms with Crippen LogP contribution in [0.3, 0.4) is 0 Å². The maximum atomic E-state index is 11.7. The Morgan fingerprint density at radius 3 is 2.35 bits per heavy atom. The maximum absolute atomic E-state index is 11.7. The number of amides is 3. The molecule has 1 rings (SSSR count). The zero-order valence-corrected chi connectivity index (χ0v) is 11.3. The van der Waals surface area contributed by atoms with Crippen molar-refractivity contribution >= 4 is 23.7 Å². The highest BCUT2D eigenvalue weighted by Crippen LogP contribution is 2.37. The largest absolute Gasteiger partial charge is 0.480 e. The summed E-state index contributed by atoms with van der Waals surface area (Å²) in [5.41, 5.74) is 4.95. The SMILES string of the molecule is CC1CC1C(=O)NCCC(=O)N(CC(N)=O)CC(=O)O. The van der Waals surface area contributed by atoms with Crippen molar-refractivity contribution in [2.24, 2.45) is 17.6 Å². The standard InChI is InChI=1S/C12H19N3O5/c1-7-4-8(7)12(20)14-3-2-10(17)15(5-9(13)16)6-11(18)19/h7-8H,2-6H2,1H3,(H2,13,16)(H,14,20)(H,18,19). The topological polar surface area (TPSA) is 130 Å². The highest BCUT2D eigenvalue weighted by Gasteiger charge is 2.38. The molecule has 0 spiro atoms. The molecule has 0 aromatic heterocycles. The van der Waals surface area contributed by atoms with Crippen molar-refractivity contribution in [3.05, 3.63) is 0 Å². The minimum absolute atomic E-state index is 0.0193. The Balaban J connectivity index is 2.35. The molecule has 8 heteroatoms. The van der Waals surface area contributed by atoms with Crippen LogP contribution < -0.4 is 11.1 Å². The first-order valence-corrected chi connectivity index (χ1v) is 6.36. The van der Waals surface area contributed by atoms with Crippen molar-refractivity contribution < 1.29 is 24.3 Å². The highest BCUT2D eigenvalue weighted by atomic mass is 16.4. The van der Waals surface area contributed by atoms with Crippen LogP contribution >= 0.6 is 0 Å². The first kappa shape index (κ1) is 15.9. The number of primary amides is 1. The lowest BCUT2D eigenvalue weighted by Gasteiger charge is -2.18. The number of carbonyl (C=O) groups is 4. The van der Waals surface area contributed by atoms with Gasteiger partial charge in [-0.25, -0.2) is 0 Å². The van der Waals surface area contributed by atoms with Crippen LogP contribution in [0.4, 0.5) is 0 Å². The molecule has 4 N–H and O–H groups in total. The fraction of sp³-hybridized carbons (Fsp3) is 0.667. The van der Waals surface area contributed by atoms with Gasteiger partial charge in [0, 0.05) is 18.9 Å². The molecule has 0 aromatic carbocycles. The van der Waals surface area contributed by atoms with E-state index in [-0.39, 0.29) is 24.8 Å². The van der Waals surface area contributed by atoms with E-state index in [2.05, 4.69) is 5.32 Å². The Kier molecular flexibility index (Phi) is 5.48. The molecule has 20 heavy (non-hydrogen) atoms. The van der Waals surface area contributed by atoms with Gasteiger partial charge in [0.2, 0.25) is 17.7 Å². The summed E-state index contributed by atoms with van der Waals surface area (Å²) in [4.78, 5) is 45.5. The van der Waals surface area contributed by atoms with E-state index >= 15 is 0 Å². The van der Waals surface area contributed by atoms with Gasteiger partial charge in [-0.05, 0) is 12.3 Å². The van der Waals surface area contributed by atoms with Crippen LogP contribution in [0.1, 0.15) is 19.8 Å². The summed E-state index contributed by atoms with van der Waals surface area (Å²) >= 11 is 0. The molecule has 0 bridgehead atoms. The van der Waals surface area contributed by atoms with Crippen molar-refractivity contribution in [2.75, 3.05) is 19.6 Å². The second-order valence-corrected chi connectivity index (χ2v) is 4.97. The third-order valence-electron chi connectivity index (χ3n) is 3.11. The van der Waals surface area contributed by atoms with E-state index in [1.807, 2.05) is 6.92 Å². The molecule has 0 radical (unpaired) electrons. The van der Waals surface area contributed by atoms with Gasteiger partial charge in [-0.2, -0.15) is 0 Å². The first-order chi connectivity index (χ1) is 9.31. The third kappa shape index (κ3) is 5.25. The molecule has 0 aromatic rings. The molecule has 1 aliphatic carbocycles. The molecule has 0 heterocycles. The summed E-state index contributed by atoms with van der Waals surface area (Å²) in [5, 5.41) is 11.3. The molecular formula is C12H19N3O5. The molecule has 0 saturated heterocycles. The summed E-state index contributed by atoms with van der Waals surface area (Å²) in [5.74, 6) is -2.24. The number of rotatable bonds is 8. The van der Waals surface area contributed by atoms with E-state index in [4.69, 9.17) is 10.8 Å². The molecule has 2 unspecified atom stereocenters. The van der Waals surface area contributed by atoms with Crippen molar-refractivity contribution in [1.82, 2.24) is 10.2 Å². The van der Waals surface area contributed by atoms with E-state index in [1.54, 1.807) is 0 Å². The monoisotopic (exact) mass is 285 g/mol. The minimum Gasteiger partial charge on any atom is -0.480 e. The van der Waals surface area contributed by atoms with Gasteiger partial charge in [0.05, 0.1) is 6.54 Å². The summed E-state index contributed by atoms with van der Waals surface area (Å²) in [6, 6.07) is 0. The average molecular weight is 285 g/mol. The molecule has 1 fully saturated rings. The minimum atomic E-state index is -1.23. The molecule has 8 nitrogen and oxygen atoms in total. The van der Waals surface area contributed by atoms with Gasteiger partial charge in [0.15, 0.2) is 0 Å². The predicted octanol–water partition coefficient (Wildman–Crippen LogP) is -1.45. The third-order valence-corrected chi connectivity index (χ3v) is 3.11. The van der Waals surface area contributed by atoms with Gasteiger partial charge in [-0.15, -0.1) is 0 Å². The number of nitrogens with two attached hydrogens (primary N) is 1. The fourth-order valence-electron chi connectivity index (χ4n) is 1.85. The van der Waals surface area contributed by atoms with E-state index in [1.165, 1.54) is 0 Å². The zero-order chi connectivity index (χ0) is 15.3. The number of carbonyl (C=O) groups excluding carboxylic acids is 3. The lowest BCUT2D eigenvalue weighted by atomic mass is 10.3. The molecule has 2 atom stereocenters. The second kappa shape index (κ2) is 6.88. The van der Waals surface area contributed by atoms with Crippen molar-refractivity contribution in [3.8, 4) is 0 Å². The molecule has 1 saturated carbocycles. The molecule has 0 aliphatic heterocycles. The number of hydrogen-bond donors (Lipinski definition) is 3. The quantitative estimate of drug-likeness (QED) is 0.502. The highest BCUT2D eigenvalue weighted by molar-refractivity contribution is 5.87. The van der Waals surface area contributed by atoms with Gasteiger partial charge in [-0.3, -0.25) is 19.2 Å². The van der Waals surface area contributed by atoms with Crippen molar-refractivity contribution in [1.29, 1.82) is 0 Å². The van der Waals surface area contributed by atoms with Crippen LogP contribution in [-0.2, 0) is 19.2 Å². The summed E-state index contributed by atoms with van der Waals surface area (Å²) in [7, 11) is 0. The van der Waals surface area contributed by atoms with Gasteiger partial charge in [0.1, 0.15) is 6.54 Å². The van der Waals surface area contributed by atoms with Gasteiger partial charge >= 0.3 is 5.97 Å². The van der Waals surface area contributed by atoms with Crippen LogP contribution in [-0.4, -0.2) is 53.3 Å². The van der Waals surface area contributed by atoms with Crippen LogP contribution in [0.15, 0.2) is 0 Å². The Morgan fingerprint density at radius 2 is 1.90 bits per heavy atom. The lowest BCUT2D eigenvalue weighted by molar-refractivity contribution is -0.145. The van der Waals surface area contributed by atoms with Crippen LogP contribution in [0.5, 0.6) is 0 Å². The molecule has 112 valence electrons. The smallest absolute Gasteiger partial charge is 0.323 e. The van der Waals surface area contributed by atoms with E-state index in [0.29, 0.717) is 5.92 Å².